The standard InChI is InChI=1S/C12H18N4O2S/c1-7-15-16-11(18-7)19-6-12(10(13)17,8-2-3-8)14-9-4-5-9/h8-9,14H,2-6H2,1H3,(H2,13,17). The summed E-state index contributed by atoms with van der Waals surface area (Å²) >= 11 is 1.41. The summed E-state index contributed by atoms with van der Waals surface area (Å²) in [5, 5.41) is 11.7. The van der Waals surface area contributed by atoms with Gasteiger partial charge in [0.25, 0.3) is 5.22 Å². The summed E-state index contributed by atoms with van der Waals surface area (Å²) in [6, 6.07) is 0.443. The number of carbonyl (C=O) groups excluding carboxylic acids is 1. The zero-order chi connectivity index (χ0) is 13.5. The van der Waals surface area contributed by atoms with E-state index in [1.807, 2.05) is 0 Å². The van der Waals surface area contributed by atoms with Crippen LogP contribution in [0.15, 0.2) is 9.64 Å². The Morgan fingerprint density at radius 3 is 2.68 bits per heavy atom. The fourth-order valence-electron chi connectivity index (χ4n) is 2.30. The van der Waals surface area contributed by atoms with Gasteiger partial charge in [-0.3, -0.25) is 10.1 Å². The van der Waals surface area contributed by atoms with Crippen LogP contribution in [0.5, 0.6) is 0 Å². The maximum Gasteiger partial charge on any atom is 0.276 e. The summed E-state index contributed by atoms with van der Waals surface area (Å²) in [6.45, 7) is 1.75. The average Bonchev–Trinajstić information content (AvgIpc) is 3.25. The third kappa shape index (κ3) is 2.76. The van der Waals surface area contributed by atoms with Gasteiger partial charge >= 0.3 is 0 Å². The number of nitrogens with zero attached hydrogens (tertiary/aromatic N) is 2. The molecule has 1 aromatic rings. The highest BCUT2D eigenvalue weighted by atomic mass is 32.2. The van der Waals surface area contributed by atoms with E-state index in [1.54, 1.807) is 6.92 Å². The number of thioether (sulfide) groups is 1. The Morgan fingerprint density at radius 1 is 1.47 bits per heavy atom. The van der Waals surface area contributed by atoms with Crippen LogP contribution in [0.4, 0.5) is 0 Å². The lowest BCUT2D eigenvalue weighted by Gasteiger charge is -2.31. The van der Waals surface area contributed by atoms with Gasteiger partial charge in [-0.2, -0.15) is 0 Å². The predicted molar refractivity (Wildman–Crippen MR) is 70.6 cm³/mol. The number of hydrogen-bond donors (Lipinski definition) is 2. The van der Waals surface area contributed by atoms with Gasteiger partial charge in [0.05, 0.1) is 0 Å². The van der Waals surface area contributed by atoms with Crippen LogP contribution in [0.25, 0.3) is 0 Å². The first-order valence-corrected chi connectivity index (χ1v) is 7.59. The Morgan fingerprint density at radius 2 is 2.21 bits per heavy atom. The van der Waals surface area contributed by atoms with Crippen LogP contribution in [0.3, 0.4) is 0 Å². The van der Waals surface area contributed by atoms with E-state index in [-0.39, 0.29) is 5.91 Å². The van der Waals surface area contributed by atoms with Crippen LogP contribution in [-0.2, 0) is 4.79 Å². The molecule has 7 heteroatoms. The molecule has 0 radical (unpaired) electrons. The summed E-state index contributed by atoms with van der Waals surface area (Å²) in [4.78, 5) is 12.0. The van der Waals surface area contributed by atoms with Crippen molar-refractivity contribution in [2.24, 2.45) is 11.7 Å². The number of hydrogen-bond acceptors (Lipinski definition) is 6. The number of nitrogens with one attached hydrogen (secondary N) is 1. The van der Waals surface area contributed by atoms with Crippen LogP contribution in [-0.4, -0.2) is 33.4 Å². The first-order valence-electron chi connectivity index (χ1n) is 6.60. The Hall–Kier alpha value is -1.08. The first-order chi connectivity index (χ1) is 9.10. The zero-order valence-corrected chi connectivity index (χ0v) is 11.7. The quantitative estimate of drug-likeness (QED) is 0.720. The molecule has 1 amide bonds. The van der Waals surface area contributed by atoms with Crippen LogP contribution in [0, 0.1) is 12.8 Å². The normalized spacial score (nSPS) is 22.2. The van der Waals surface area contributed by atoms with Gasteiger partial charge in [0.1, 0.15) is 5.54 Å². The van der Waals surface area contributed by atoms with E-state index in [2.05, 4.69) is 15.5 Å². The predicted octanol–water partition coefficient (Wildman–Crippen LogP) is 0.856. The molecular formula is C12H18N4O2S. The van der Waals surface area contributed by atoms with E-state index in [0.717, 1.165) is 25.7 Å². The fraction of sp³-hybridized carbons (Fsp3) is 0.750. The lowest BCUT2D eigenvalue weighted by Crippen LogP contribution is -2.60. The zero-order valence-electron chi connectivity index (χ0n) is 10.9. The Bertz CT molecular complexity index is 484. The summed E-state index contributed by atoms with van der Waals surface area (Å²) in [7, 11) is 0. The molecule has 3 N–H and O–H groups in total. The summed E-state index contributed by atoms with van der Waals surface area (Å²) in [5.74, 6) is 1.19. The van der Waals surface area contributed by atoms with E-state index in [9.17, 15) is 4.79 Å². The second-order valence-electron chi connectivity index (χ2n) is 5.40. The third-order valence-electron chi connectivity index (χ3n) is 3.68. The lowest BCUT2D eigenvalue weighted by molar-refractivity contribution is -0.124. The summed E-state index contributed by atoms with van der Waals surface area (Å²) < 4.78 is 5.34. The monoisotopic (exact) mass is 282 g/mol. The van der Waals surface area contributed by atoms with Crippen molar-refractivity contribution >= 4 is 17.7 Å². The lowest BCUT2D eigenvalue weighted by atomic mass is 9.94. The highest BCUT2D eigenvalue weighted by Crippen LogP contribution is 2.43. The van der Waals surface area contributed by atoms with Crippen molar-refractivity contribution in [1.29, 1.82) is 0 Å². The van der Waals surface area contributed by atoms with Gasteiger partial charge in [-0.15, -0.1) is 10.2 Å². The van der Waals surface area contributed by atoms with Crippen LogP contribution in [0.2, 0.25) is 0 Å². The summed E-state index contributed by atoms with van der Waals surface area (Å²) in [5.41, 5.74) is 5.06. The molecule has 1 atom stereocenters. The second kappa shape index (κ2) is 4.79. The first kappa shape index (κ1) is 12.9. The number of aryl methyl sites for hydroxylation is 1. The molecule has 2 saturated carbocycles. The third-order valence-corrected chi connectivity index (χ3v) is 4.70. The van der Waals surface area contributed by atoms with E-state index in [4.69, 9.17) is 10.2 Å². The molecule has 3 rings (SSSR count). The van der Waals surface area contributed by atoms with E-state index in [0.29, 0.717) is 28.8 Å². The van der Waals surface area contributed by atoms with Crippen LogP contribution < -0.4 is 11.1 Å². The molecule has 1 heterocycles. The molecule has 2 fully saturated rings. The van der Waals surface area contributed by atoms with Crippen LogP contribution >= 0.6 is 11.8 Å². The number of amides is 1. The van der Waals surface area contributed by atoms with Crippen LogP contribution in [0.1, 0.15) is 31.6 Å². The van der Waals surface area contributed by atoms with E-state index < -0.39 is 5.54 Å². The Labute approximate surface area is 115 Å². The molecule has 6 nitrogen and oxygen atoms in total. The van der Waals surface area contributed by atoms with Gasteiger partial charge in [-0.25, -0.2) is 0 Å². The minimum Gasteiger partial charge on any atom is -0.416 e. The molecular weight excluding hydrogens is 264 g/mol. The highest BCUT2D eigenvalue weighted by Gasteiger charge is 2.52. The Balaban J connectivity index is 1.72. The topological polar surface area (TPSA) is 94.0 Å². The SMILES string of the molecule is Cc1nnc(SCC(NC2CC2)(C(N)=O)C2CC2)o1. The van der Waals surface area contributed by atoms with Gasteiger partial charge in [0.15, 0.2) is 0 Å². The van der Waals surface area contributed by atoms with E-state index in [1.165, 1.54) is 11.8 Å². The Kier molecular flexibility index (Phi) is 3.26. The molecule has 0 saturated heterocycles. The van der Waals surface area contributed by atoms with Gasteiger partial charge in [0, 0.05) is 18.7 Å². The van der Waals surface area contributed by atoms with E-state index >= 15 is 0 Å². The van der Waals surface area contributed by atoms with Crippen molar-refractivity contribution in [1.82, 2.24) is 15.5 Å². The molecule has 0 aromatic carbocycles. The maximum atomic E-state index is 12.0. The number of carbonyl (C=O) groups is 1. The molecule has 0 bridgehead atoms. The van der Waals surface area contributed by atoms with Crippen molar-refractivity contribution in [3.8, 4) is 0 Å². The number of primary amides is 1. The van der Waals surface area contributed by atoms with Crippen molar-refractivity contribution < 1.29 is 9.21 Å². The average molecular weight is 282 g/mol. The summed E-state index contributed by atoms with van der Waals surface area (Å²) in [6.07, 6.45) is 4.39. The molecule has 0 spiro atoms. The van der Waals surface area contributed by atoms with Gasteiger partial charge in [-0.1, -0.05) is 11.8 Å². The largest absolute Gasteiger partial charge is 0.416 e. The van der Waals surface area contributed by atoms with Gasteiger partial charge < -0.3 is 10.2 Å². The van der Waals surface area contributed by atoms with Crippen molar-refractivity contribution in [2.45, 2.75) is 49.4 Å². The number of aromatic nitrogens is 2. The number of rotatable bonds is 7. The smallest absolute Gasteiger partial charge is 0.276 e. The highest BCUT2D eigenvalue weighted by molar-refractivity contribution is 7.99. The molecule has 1 aromatic heterocycles. The number of nitrogens with two attached hydrogens (primary N) is 1. The van der Waals surface area contributed by atoms with Gasteiger partial charge in [0.2, 0.25) is 11.8 Å². The molecule has 2 aliphatic rings. The van der Waals surface area contributed by atoms with Crippen molar-refractivity contribution in [3.05, 3.63) is 5.89 Å². The molecule has 104 valence electrons. The molecule has 0 aliphatic heterocycles. The minimum absolute atomic E-state index is 0.259. The van der Waals surface area contributed by atoms with Crippen molar-refractivity contribution in [2.75, 3.05) is 5.75 Å². The molecule has 2 aliphatic carbocycles. The maximum absolute atomic E-state index is 12.0. The fourth-order valence-corrected chi connectivity index (χ4v) is 3.39. The molecule has 19 heavy (non-hydrogen) atoms. The molecule has 1 unspecified atom stereocenters. The second-order valence-corrected chi connectivity index (χ2v) is 6.33. The van der Waals surface area contributed by atoms with Gasteiger partial charge in [-0.05, 0) is 31.6 Å². The van der Waals surface area contributed by atoms with Crippen molar-refractivity contribution in [3.63, 3.8) is 0 Å². The minimum atomic E-state index is -0.617.